The van der Waals surface area contributed by atoms with Gasteiger partial charge in [-0.05, 0) is 67.4 Å². The lowest BCUT2D eigenvalue weighted by Crippen LogP contribution is -2.61. The maximum absolute atomic E-state index is 13.5. The maximum Gasteiger partial charge on any atom is 0.274 e. The van der Waals surface area contributed by atoms with E-state index in [2.05, 4.69) is 16.5 Å². The molecule has 0 atom stereocenters. The van der Waals surface area contributed by atoms with Gasteiger partial charge < -0.3 is 10.2 Å². The van der Waals surface area contributed by atoms with Crippen molar-refractivity contribution in [3.8, 4) is 23.0 Å². The van der Waals surface area contributed by atoms with Crippen LogP contribution in [0, 0.1) is 22.6 Å². The molecule has 31 heavy (non-hydrogen) atoms. The molecule has 6 nitrogen and oxygen atoms in total. The molecule has 2 aliphatic heterocycles. The Hall–Kier alpha value is -3.50. The molecular weight excluding hydrogens is 393 g/mol. The Kier molecular flexibility index (Phi) is 4.79. The van der Waals surface area contributed by atoms with Crippen LogP contribution in [0.25, 0.3) is 16.9 Å². The number of carbonyl (C=O) groups excluding carboxylic acids is 1. The minimum absolute atomic E-state index is 0.0817. The van der Waals surface area contributed by atoms with Gasteiger partial charge in [0.2, 0.25) is 0 Å². The number of likely N-dealkylation sites (tertiary alicyclic amines) is 1. The Morgan fingerprint density at radius 3 is 2.52 bits per heavy atom. The van der Waals surface area contributed by atoms with E-state index in [4.69, 9.17) is 5.26 Å². The van der Waals surface area contributed by atoms with Crippen molar-refractivity contribution in [1.29, 1.82) is 5.26 Å². The van der Waals surface area contributed by atoms with Gasteiger partial charge in [0.05, 0.1) is 23.0 Å². The Morgan fingerprint density at radius 2 is 1.87 bits per heavy atom. The lowest BCUT2D eigenvalue weighted by Gasteiger charge is -2.49. The predicted octanol–water partition coefficient (Wildman–Crippen LogP) is 3.38. The lowest BCUT2D eigenvalue weighted by atomic mass is 9.75. The highest BCUT2D eigenvalue weighted by Crippen LogP contribution is 2.34. The normalized spacial score (nSPS) is 17.2. The van der Waals surface area contributed by atoms with Crippen LogP contribution >= 0.6 is 0 Å². The molecule has 7 heteroatoms. The smallest absolute Gasteiger partial charge is 0.274 e. The summed E-state index contributed by atoms with van der Waals surface area (Å²) in [6.45, 7) is 3.39. The van der Waals surface area contributed by atoms with Crippen LogP contribution in [-0.2, 0) is 0 Å². The maximum atomic E-state index is 13.5. The molecule has 1 N–H and O–H groups in total. The van der Waals surface area contributed by atoms with Gasteiger partial charge in [-0.25, -0.2) is 9.07 Å². The molecule has 2 aliphatic rings. The van der Waals surface area contributed by atoms with Gasteiger partial charge in [0.1, 0.15) is 5.82 Å². The van der Waals surface area contributed by atoms with Gasteiger partial charge in [0, 0.05) is 37.2 Å². The number of halogens is 1. The van der Waals surface area contributed by atoms with Crippen LogP contribution in [0.1, 0.15) is 28.9 Å². The lowest BCUT2D eigenvalue weighted by molar-refractivity contribution is 0.0316. The Bertz CT molecular complexity index is 1160. The van der Waals surface area contributed by atoms with Crippen LogP contribution in [0.4, 0.5) is 4.39 Å². The van der Waals surface area contributed by atoms with Crippen molar-refractivity contribution in [1.82, 2.24) is 20.0 Å². The Labute approximate surface area is 179 Å². The molecule has 1 amide bonds. The summed E-state index contributed by atoms with van der Waals surface area (Å²) in [7, 11) is 0. The fourth-order valence-electron chi connectivity index (χ4n) is 4.50. The standard InChI is InChI=1S/C24H22FN5O/c25-19-6-4-18(5-7-19)22-12-21(28-30(22)20-8-2-17(13-26)3-9-20)23(31)29-11-1-10-24(16-29)14-27-15-24/h2-9,12,27H,1,10-11,14-16H2. The number of nitriles is 1. The molecule has 0 aliphatic carbocycles. The summed E-state index contributed by atoms with van der Waals surface area (Å²) in [5.41, 5.74) is 3.30. The van der Waals surface area contributed by atoms with Gasteiger partial charge in [0.15, 0.2) is 5.69 Å². The number of carbonyl (C=O) groups is 1. The molecule has 2 saturated heterocycles. The fourth-order valence-corrected chi connectivity index (χ4v) is 4.50. The molecule has 2 aromatic carbocycles. The zero-order valence-corrected chi connectivity index (χ0v) is 17.0. The van der Waals surface area contributed by atoms with Crippen molar-refractivity contribution in [2.75, 3.05) is 26.2 Å². The number of amides is 1. The van der Waals surface area contributed by atoms with E-state index in [1.807, 2.05) is 4.90 Å². The summed E-state index contributed by atoms with van der Waals surface area (Å²) in [5.74, 6) is -0.404. The van der Waals surface area contributed by atoms with Crippen LogP contribution < -0.4 is 5.32 Å². The molecule has 156 valence electrons. The van der Waals surface area contributed by atoms with Crippen LogP contribution in [0.15, 0.2) is 54.6 Å². The van der Waals surface area contributed by atoms with Crippen molar-refractivity contribution in [3.63, 3.8) is 0 Å². The van der Waals surface area contributed by atoms with E-state index in [-0.39, 0.29) is 17.1 Å². The molecule has 0 radical (unpaired) electrons. The molecule has 0 bridgehead atoms. The molecular formula is C24H22FN5O. The number of nitrogens with zero attached hydrogens (tertiary/aromatic N) is 4. The van der Waals surface area contributed by atoms with Crippen LogP contribution in [0.5, 0.6) is 0 Å². The predicted molar refractivity (Wildman–Crippen MR) is 114 cm³/mol. The number of hydrogen-bond acceptors (Lipinski definition) is 4. The number of rotatable bonds is 3. The number of hydrogen-bond donors (Lipinski definition) is 1. The minimum atomic E-state index is -0.322. The van der Waals surface area contributed by atoms with E-state index in [0.717, 1.165) is 50.3 Å². The monoisotopic (exact) mass is 415 g/mol. The largest absolute Gasteiger partial charge is 0.337 e. The highest BCUT2D eigenvalue weighted by molar-refractivity contribution is 5.93. The van der Waals surface area contributed by atoms with E-state index in [9.17, 15) is 9.18 Å². The average Bonchev–Trinajstić information content (AvgIpc) is 3.23. The van der Waals surface area contributed by atoms with Gasteiger partial charge in [-0.15, -0.1) is 0 Å². The summed E-state index contributed by atoms with van der Waals surface area (Å²) >= 11 is 0. The topological polar surface area (TPSA) is 74.0 Å². The van der Waals surface area contributed by atoms with Crippen molar-refractivity contribution >= 4 is 5.91 Å². The first-order chi connectivity index (χ1) is 15.1. The van der Waals surface area contributed by atoms with E-state index >= 15 is 0 Å². The minimum Gasteiger partial charge on any atom is -0.337 e. The van der Waals surface area contributed by atoms with Crippen molar-refractivity contribution in [2.24, 2.45) is 5.41 Å². The SMILES string of the molecule is N#Cc1ccc(-n2nc(C(=O)N3CCCC4(CNC4)C3)cc2-c2ccc(F)cc2)cc1. The van der Waals surface area contributed by atoms with Gasteiger partial charge in [-0.1, -0.05) is 0 Å². The van der Waals surface area contributed by atoms with Crippen LogP contribution in [0.3, 0.4) is 0 Å². The highest BCUT2D eigenvalue weighted by Gasteiger charge is 2.42. The van der Waals surface area contributed by atoms with Gasteiger partial charge >= 0.3 is 0 Å². The quantitative estimate of drug-likeness (QED) is 0.712. The fraction of sp³-hybridized carbons (Fsp3) is 0.292. The first kappa shape index (κ1) is 19.5. The number of benzene rings is 2. The highest BCUT2D eigenvalue weighted by atomic mass is 19.1. The number of aromatic nitrogens is 2. The van der Waals surface area contributed by atoms with Crippen molar-refractivity contribution in [3.05, 3.63) is 71.7 Å². The summed E-state index contributed by atoms with van der Waals surface area (Å²) in [6, 6.07) is 17.0. The molecule has 3 heterocycles. The summed E-state index contributed by atoms with van der Waals surface area (Å²) in [5, 5.41) is 17.0. The van der Waals surface area contributed by atoms with E-state index in [1.165, 1.54) is 12.1 Å². The van der Waals surface area contributed by atoms with Crippen molar-refractivity contribution in [2.45, 2.75) is 12.8 Å². The van der Waals surface area contributed by atoms with Crippen molar-refractivity contribution < 1.29 is 9.18 Å². The van der Waals surface area contributed by atoms with Crippen LogP contribution in [-0.4, -0.2) is 46.8 Å². The van der Waals surface area contributed by atoms with Gasteiger partial charge in [-0.2, -0.15) is 10.4 Å². The first-order valence-electron chi connectivity index (χ1n) is 10.4. The van der Waals surface area contributed by atoms with Gasteiger partial charge in [0.25, 0.3) is 5.91 Å². The zero-order valence-electron chi connectivity index (χ0n) is 17.0. The summed E-state index contributed by atoms with van der Waals surface area (Å²) < 4.78 is 15.2. The molecule has 2 fully saturated rings. The van der Waals surface area contributed by atoms with Gasteiger partial charge in [-0.3, -0.25) is 4.79 Å². The second-order valence-electron chi connectivity index (χ2n) is 8.43. The molecule has 3 aromatic rings. The zero-order chi connectivity index (χ0) is 21.4. The van der Waals surface area contributed by atoms with E-state index in [0.29, 0.717) is 17.0 Å². The first-order valence-corrected chi connectivity index (χ1v) is 10.4. The average molecular weight is 415 g/mol. The molecule has 0 unspecified atom stereocenters. The second kappa shape index (κ2) is 7.64. The van der Waals surface area contributed by atoms with E-state index < -0.39 is 0 Å². The molecule has 1 spiro atoms. The third-order valence-electron chi connectivity index (χ3n) is 6.26. The third-order valence-corrected chi connectivity index (χ3v) is 6.26. The number of piperidine rings is 1. The number of nitrogens with one attached hydrogen (secondary N) is 1. The molecule has 1 aromatic heterocycles. The summed E-state index contributed by atoms with van der Waals surface area (Å²) in [6.07, 6.45) is 2.14. The van der Waals surface area contributed by atoms with Crippen LogP contribution in [0.2, 0.25) is 0 Å². The second-order valence-corrected chi connectivity index (χ2v) is 8.43. The van der Waals surface area contributed by atoms with E-state index in [1.54, 1.807) is 47.1 Å². The summed E-state index contributed by atoms with van der Waals surface area (Å²) in [4.78, 5) is 15.2. The Morgan fingerprint density at radius 1 is 1.13 bits per heavy atom. The molecule has 5 rings (SSSR count). The third kappa shape index (κ3) is 3.60. The Balaban J connectivity index is 1.53. The molecule has 0 saturated carbocycles.